The molecule has 1 aromatic heterocycles. The summed E-state index contributed by atoms with van der Waals surface area (Å²) < 4.78 is 4.73. The standard InChI is InChI=1S/C17H26N2O3S/c1-22-16(20)12-14(15-10-7-11-23-15)19-17(21)18-13-8-5-3-2-4-6-9-13/h7,10-11,13-14H,2-6,8-9,12H2,1H3,(H2,18,19,21). The molecule has 0 spiro atoms. The maximum atomic E-state index is 12.3. The Morgan fingerprint density at radius 1 is 1.26 bits per heavy atom. The van der Waals surface area contributed by atoms with Crippen molar-refractivity contribution >= 4 is 23.3 Å². The van der Waals surface area contributed by atoms with Gasteiger partial charge in [0.15, 0.2) is 0 Å². The molecule has 1 atom stereocenters. The molecule has 1 saturated carbocycles. The van der Waals surface area contributed by atoms with Gasteiger partial charge in [0.2, 0.25) is 0 Å². The maximum absolute atomic E-state index is 12.3. The molecule has 1 heterocycles. The molecule has 128 valence electrons. The van der Waals surface area contributed by atoms with E-state index in [2.05, 4.69) is 10.6 Å². The number of thiophene rings is 1. The zero-order valence-corrected chi connectivity index (χ0v) is 14.5. The molecule has 0 aromatic carbocycles. The molecular weight excluding hydrogens is 312 g/mol. The molecule has 5 nitrogen and oxygen atoms in total. The van der Waals surface area contributed by atoms with Crippen LogP contribution in [-0.4, -0.2) is 25.2 Å². The van der Waals surface area contributed by atoms with Gasteiger partial charge in [0.25, 0.3) is 0 Å². The first-order valence-corrected chi connectivity index (χ1v) is 9.24. The van der Waals surface area contributed by atoms with Crippen LogP contribution < -0.4 is 10.6 Å². The average molecular weight is 338 g/mol. The first-order chi connectivity index (χ1) is 11.2. The molecule has 0 bridgehead atoms. The van der Waals surface area contributed by atoms with Gasteiger partial charge in [-0.25, -0.2) is 4.79 Å². The van der Waals surface area contributed by atoms with Crippen molar-refractivity contribution in [1.29, 1.82) is 0 Å². The van der Waals surface area contributed by atoms with Gasteiger partial charge in [-0.1, -0.05) is 38.2 Å². The van der Waals surface area contributed by atoms with Gasteiger partial charge in [0, 0.05) is 10.9 Å². The number of methoxy groups -OCH3 is 1. The number of rotatable bonds is 5. The number of hydrogen-bond acceptors (Lipinski definition) is 4. The van der Waals surface area contributed by atoms with Gasteiger partial charge in [-0.15, -0.1) is 11.3 Å². The Hall–Kier alpha value is -1.56. The second kappa shape index (κ2) is 9.55. The van der Waals surface area contributed by atoms with Crippen LogP contribution in [0, 0.1) is 0 Å². The van der Waals surface area contributed by atoms with E-state index in [1.54, 1.807) is 0 Å². The number of carbonyl (C=O) groups is 2. The smallest absolute Gasteiger partial charge is 0.315 e. The van der Waals surface area contributed by atoms with Gasteiger partial charge < -0.3 is 15.4 Å². The van der Waals surface area contributed by atoms with Crippen molar-refractivity contribution in [3.63, 3.8) is 0 Å². The molecule has 0 radical (unpaired) electrons. The summed E-state index contributed by atoms with van der Waals surface area (Å²) in [4.78, 5) is 24.9. The second-order valence-corrected chi connectivity index (χ2v) is 6.99. The summed E-state index contributed by atoms with van der Waals surface area (Å²) in [7, 11) is 1.36. The van der Waals surface area contributed by atoms with Crippen molar-refractivity contribution in [2.45, 2.75) is 63.5 Å². The second-order valence-electron chi connectivity index (χ2n) is 6.01. The molecule has 0 saturated heterocycles. The molecule has 2 rings (SSSR count). The number of urea groups is 1. The lowest BCUT2D eigenvalue weighted by atomic mass is 9.97. The Morgan fingerprint density at radius 3 is 2.57 bits per heavy atom. The number of ether oxygens (including phenoxy) is 1. The van der Waals surface area contributed by atoms with Crippen LogP contribution in [-0.2, 0) is 9.53 Å². The molecule has 23 heavy (non-hydrogen) atoms. The third kappa shape index (κ3) is 6.22. The first-order valence-electron chi connectivity index (χ1n) is 8.36. The fourth-order valence-electron chi connectivity index (χ4n) is 2.95. The van der Waals surface area contributed by atoms with Gasteiger partial charge in [-0.3, -0.25) is 4.79 Å². The lowest BCUT2D eigenvalue weighted by Gasteiger charge is -2.23. The topological polar surface area (TPSA) is 67.4 Å². The lowest BCUT2D eigenvalue weighted by molar-refractivity contribution is -0.141. The Kier molecular flexibility index (Phi) is 7.39. The average Bonchev–Trinajstić information content (AvgIpc) is 3.03. The van der Waals surface area contributed by atoms with E-state index < -0.39 is 0 Å². The van der Waals surface area contributed by atoms with E-state index >= 15 is 0 Å². The predicted molar refractivity (Wildman–Crippen MR) is 91.5 cm³/mol. The van der Waals surface area contributed by atoms with Crippen LogP contribution in [0.2, 0.25) is 0 Å². The van der Waals surface area contributed by atoms with E-state index in [1.807, 2.05) is 17.5 Å². The molecular formula is C17H26N2O3S. The molecule has 1 unspecified atom stereocenters. The van der Waals surface area contributed by atoms with E-state index in [0.717, 1.165) is 17.7 Å². The van der Waals surface area contributed by atoms with Crippen LogP contribution >= 0.6 is 11.3 Å². The van der Waals surface area contributed by atoms with E-state index in [0.29, 0.717) is 0 Å². The van der Waals surface area contributed by atoms with Gasteiger partial charge in [0.05, 0.1) is 19.6 Å². The minimum absolute atomic E-state index is 0.148. The van der Waals surface area contributed by atoms with E-state index in [1.165, 1.54) is 50.6 Å². The molecule has 0 aliphatic heterocycles. The summed E-state index contributed by atoms with van der Waals surface area (Å²) in [5.74, 6) is -0.324. The Balaban J connectivity index is 1.89. The highest BCUT2D eigenvalue weighted by molar-refractivity contribution is 7.10. The van der Waals surface area contributed by atoms with Crippen molar-refractivity contribution in [3.05, 3.63) is 22.4 Å². The summed E-state index contributed by atoms with van der Waals surface area (Å²) in [6, 6.07) is 3.54. The molecule has 1 fully saturated rings. The quantitative estimate of drug-likeness (QED) is 0.803. The number of carbonyl (C=O) groups excluding carboxylic acids is 2. The van der Waals surface area contributed by atoms with E-state index in [4.69, 9.17) is 4.74 Å². The van der Waals surface area contributed by atoms with Crippen LogP contribution in [0.25, 0.3) is 0 Å². The molecule has 1 aromatic rings. The normalized spacial score (nSPS) is 17.6. The zero-order valence-electron chi connectivity index (χ0n) is 13.7. The van der Waals surface area contributed by atoms with Crippen LogP contribution in [0.1, 0.15) is 62.3 Å². The first kappa shape index (κ1) is 17.8. The third-order valence-electron chi connectivity index (χ3n) is 4.23. The Morgan fingerprint density at radius 2 is 1.96 bits per heavy atom. The van der Waals surface area contributed by atoms with Gasteiger partial charge >= 0.3 is 12.0 Å². The Bertz CT molecular complexity index is 482. The fraction of sp³-hybridized carbons (Fsp3) is 0.647. The summed E-state index contributed by atoms with van der Waals surface area (Å²) in [6.07, 6.45) is 8.36. The van der Waals surface area contributed by atoms with Crippen molar-refractivity contribution in [3.8, 4) is 0 Å². The number of nitrogens with one attached hydrogen (secondary N) is 2. The molecule has 1 aliphatic rings. The van der Waals surface area contributed by atoms with Crippen molar-refractivity contribution < 1.29 is 14.3 Å². The highest BCUT2D eigenvalue weighted by Crippen LogP contribution is 2.23. The van der Waals surface area contributed by atoms with Crippen LogP contribution in [0.4, 0.5) is 4.79 Å². The van der Waals surface area contributed by atoms with Crippen molar-refractivity contribution in [2.24, 2.45) is 0 Å². The zero-order chi connectivity index (χ0) is 16.5. The molecule has 1 aliphatic carbocycles. The SMILES string of the molecule is COC(=O)CC(NC(=O)NC1CCCCCCC1)c1cccs1. The van der Waals surface area contributed by atoms with Crippen molar-refractivity contribution in [1.82, 2.24) is 10.6 Å². The predicted octanol–water partition coefficient (Wildman–Crippen LogP) is 3.76. The van der Waals surface area contributed by atoms with Gasteiger partial charge in [0.1, 0.15) is 0 Å². The summed E-state index contributed by atoms with van der Waals surface area (Å²) in [5, 5.41) is 7.94. The fourth-order valence-corrected chi connectivity index (χ4v) is 3.73. The highest BCUT2D eigenvalue weighted by Gasteiger charge is 2.21. The van der Waals surface area contributed by atoms with Crippen molar-refractivity contribution in [2.75, 3.05) is 7.11 Å². The van der Waals surface area contributed by atoms with Crippen LogP contribution in [0.5, 0.6) is 0 Å². The van der Waals surface area contributed by atoms with Crippen LogP contribution in [0.15, 0.2) is 17.5 Å². The number of hydrogen-bond donors (Lipinski definition) is 2. The van der Waals surface area contributed by atoms with Crippen LogP contribution in [0.3, 0.4) is 0 Å². The third-order valence-corrected chi connectivity index (χ3v) is 5.22. The minimum Gasteiger partial charge on any atom is -0.469 e. The van der Waals surface area contributed by atoms with E-state index in [-0.39, 0.29) is 30.5 Å². The Labute approximate surface area is 141 Å². The monoisotopic (exact) mass is 338 g/mol. The largest absolute Gasteiger partial charge is 0.469 e. The van der Waals surface area contributed by atoms with E-state index in [9.17, 15) is 9.59 Å². The maximum Gasteiger partial charge on any atom is 0.315 e. The molecule has 2 N–H and O–H groups in total. The highest BCUT2D eigenvalue weighted by atomic mass is 32.1. The molecule has 6 heteroatoms. The summed E-state index contributed by atoms with van der Waals surface area (Å²) in [5.41, 5.74) is 0. The number of esters is 1. The lowest BCUT2D eigenvalue weighted by Crippen LogP contribution is -2.44. The van der Waals surface area contributed by atoms with Gasteiger partial charge in [-0.2, -0.15) is 0 Å². The summed E-state index contributed by atoms with van der Waals surface area (Å²) in [6.45, 7) is 0. The summed E-state index contributed by atoms with van der Waals surface area (Å²) >= 11 is 1.53. The molecule has 2 amide bonds. The number of amides is 2. The van der Waals surface area contributed by atoms with Gasteiger partial charge in [-0.05, 0) is 24.3 Å². The minimum atomic E-state index is -0.337.